The number of para-hydroxylation sites is 2. The lowest BCUT2D eigenvalue weighted by Gasteiger charge is -2.37. The molecule has 1 aliphatic carbocycles. The van der Waals surface area contributed by atoms with Gasteiger partial charge in [0.1, 0.15) is 11.6 Å². The summed E-state index contributed by atoms with van der Waals surface area (Å²) in [5.74, 6) is 0.762. The van der Waals surface area contributed by atoms with Crippen molar-refractivity contribution in [3.8, 4) is 5.75 Å². The molecule has 2 amide bonds. The SMILES string of the molecule is O=C1N(CCCCN2CCN(c3ccccc3OC3CCCC3)CC2)CCN1c1ccc(F)cc1. The van der Waals surface area contributed by atoms with Crippen LogP contribution < -0.4 is 14.5 Å². The van der Waals surface area contributed by atoms with Gasteiger partial charge in [-0.2, -0.15) is 0 Å². The minimum absolute atomic E-state index is 0.0312. The summed E-state index contributed by atoms with van der Waals surface area (Å²) in [5.41, 5.74) is 2.00. The summed E-state index contributed by atoms with van der Waals surface area (Å²) < 4.78 is 19.5. The highest BCUT2D eigenvalue weighted by Gasteiger charge is 2.29. The van der Waals surface area contributed by atoms with Gasteiger partial charge in [0.2, 0.25) is 0 Å². The van der Waals surface area contributed by atoms with E-state index in [2.05, 4.69) is 34.1 Å². The lowest BCUT2D eigenvalue weighted by molar-refractivity contribution is 0.207. The number of halogens is 1. The van der Waals surface area contributed by atoms with Crippen molar-refractivity contribution in [2.45, 2.75) is 44.6 Å². The Labute approximate surface area is 208 Å². The predicted molar refractivity (Wildman–Crippen MR) is 138 cm³/mol. The normalized spacial score (nSPS) is 19.7. The first-order chi connectivity index (χ1) is 17.2. The number of unbranched alkanes of at least 4 members (excludes halogenated alkanes) is 1. The Morgan fingerprint density at radius 3 is 2.31 bits per heavy atom. The molecule has 2 aliphatic heterocycles. The molecule has 0 radical (unpaired) electrons. The summed E-state index contributed by atoms with van der Waals surface area (Å²) in [7, 11) is 0. The summed E-state index contributed by atoms with van der Waals surface area (Å²) >= 11 is 0. The largest absolute Gasteiger partial charge is 0.488 e. The monoisotopic (exact) mass is 480 g/mol. The zero-order chi connectivity index (χ0) is 24.0. The number of hydrogen-bond donors (Lipinski definition) is 0. The number of piperazine rings is 1. The molecule has 1 saturated carbocycles. The molecule has 2 saturated heterocycles. The number of urea groups is 1. The highest BCUT2D eigenvalue weighted by atomic mass is 19.1. The van der Waals surface area contributed by atoms with E-state index in [9.17, 15) is 9.18 Å². The van der Waals surface area contributed by atoms with Crippen LogP contribution in [-0.4, -0.2) is 74.3 Å². The molecule has 2 aromatic carbocycles. The lowest BCUT2D eigenvalue weighted by atomic mass is 10.2. The van der Waals surface area contributed by atoms with Gasteiger partial charge in [0.05, 0.1) is 11.8 Å². The maximum Gasteiger partial charge on any atom is 0.324 e. The van der Waals surface area contributed by atoms with E-state index in [0.29, 0.717) is 12.6 Å². The van der Waals surface area contributed by atoms with Crippen LogP contribution in [0.4, 0.5) is 20.6 Å². The van der Waals surface area contributed by atoms with E-state index in [1.54, 1.807) is 17.0 Å². The Hall–Kier alpha value is -2.80. The number of anilines is 2. The van der Waals surface area contributed by atoms with E-state index in [1.807, 2.05) is 4.90 Å². The molecule has 5 rings (SSSR count). The highest BCUT2D eigenvalue weighted by Crippen LogP contribution is 2.32. The smallest absolute Gasteiger partial charge is 0.324 e. The Balaban J connectivity index is 1.03. The predicted octanol–water partition coefficient (Wildman–Crippen LogP) is 4.99. The number of benzene rings is 2. The van der Waals surface area contributed by atoms with Gasteiger partial charge in [0.25, 0.3) is 0 Å². The second-order valence-corrected chi connectivity index (χ2v) is 9.93. The van der Waals surface area contributed by atoms with Crippen LogP contribution in [0.3, 0.4) is 0 Å². The van der Waals surface area contributed by atoms with Crippen LogP contribution in [0.15, 0.2) is 48.5 Å². The van der Waals surface area contributed by atoms with Crippen LogP contribution in [0.25, 0.3) is 0 Å². The van der Waals surface area contributed by atoms with E-state index < -0.39 is 0 Å². The fourth-order valence-electron chi connectivity index (χ4n) is 5.51. The number of ether oxygens (including phenoxy) is 1. The van der Waals surface area contributed by atoms with Crippen LogP contribution in [0, 0.1) is 5.82 Å². The maximum atomic E-state index is 13.2. The second-order valence-electron chi connectivity index (χ2n) is 9.93. The molecule has 0 N–H and O–H groups in total. The van der Waals surface area contributed by atoms with Gasteiger partial charge in [-0.25, -0.2) is 9.18 Å². The fourth-order valence-corrected chi connectivity index (χ4v) is 5.51. The lowest BCUT2D eigenvalue weighted by Crippen LogP contribution is -2.46. The van der Waals surface area contributed by atoms with Gasteiger partial charge < -0.3 is 14.5 Å². The molecule has 35 heavy (non-hydrogen) atoms. The van der Waals surface area contributed by atoms with Crippen molar-refractivity contribution in [1.82, 2.24) is 9.80 Å². The molecule has 188 valence electrons. The third kappa shape index (κ3) is 5.89. The van der Waals surface area contributed by atoms with Crippen molar-refractivity contribution >= 4 is 17.4 Å². The third-order valence-electron chi connectivity index (χ3n) is 7.56. The number of hydrogen-bond acceptors (Lipinski definition) is 4. The molecule has 6 nitrogen and oxygen atoms in total. The zero-order valence-electron chi connectivity index (χ0n) is 20.6. The van der Waals surface area contributed by atoms with Gasteiger partial charge in [0.15, 0.2) is 0 Å². The Kier molecular flexibility index (Phi) is 7.72. The van der Waals surface area contributed by atoms with E-state index in [1.165, 1.54) is 43.5 Å². The van der Waals surface area contributed by atoms with E-state index in [-0.39, 0.29) is 11.8 Å². The van der Waals surface area contributed by atoms with Crippen LogP contribution in [-0.2, 0) is 0 Å². The summed E-state index contributed by atoms with van der Waals surface area (Å²) in [6, 6.07) is 14.7. The van der Waals surface area contributed by atoms with Crippen LogP contribution in [0.1, 0.15) is 38.5 Å². The van der Waals surface area contributed by atoms with Crippen LogP contribution in [0.5, 0.6) is 5.75 Å². The number of amides is 2. The van der Waals surface area contributed by atoms with Crippen molar-refractivity contribution in [3.63, 3.8) is 0 Å². The molecule has 0 spiro atoms. The molecular weight excluding hydrogens is 443 g/mol. The van der Waals surface area contributed by atoms with Crippen molar-refractivity contribution in [3.05, 3.63) is 54.3 Å². The van der Waals surface area contributed by atoms with Gasteiger partial charge in [-0.15, -0.1) is 0 Å². The van der Waals surface area contributed by atoms with E-state index >= 15 is 0 Å². The number of rotatable bonds is 9. The zero-order valence-corrected chi connectivity index (χ0v) is 20.6. The van der Waals surface area contributed by atoms with Crippen molar-refractivity contribution in [1.29, 1.82) is 0 Å². The topological polar surface area (TPSA) is 39.3 Å². The molecule has 0 bridgehead atoms. The number of carbonyl (C=O) groups excluding carboxylic acids is 1. The number of carbonyl (C=O) groups is 1. The first-order valence-corrected chi connectivity index (χ1v) is 13.2. The molecular formula is C28H37FN4O2. The van der Waals surface area contributed by atoms with E-state index in [0.717, 1.165) is 70.1 Å². The average molecular weight is 481 g/mol. The Morgan fingerprint density at radius 2 is 1.54 bits per heavy atom. The standard InChI is InChI=1S/C28H37FN4O2/c29-23-11-13-24(14-12-23)33-22-21-32(28(33)34)16-6-5-15-30-17-19-31(20-18-30)26-9-3-4-10-27(26)35-25-7-1-2-8-25/h3-4,9-14,25H,1-2,5-8,15-22H2. The molecule has 0 aromatic heterocycles. The Bertz CT molecular complexity index is 971. The first-order valence-electron chi connectivity index (χ1n) is 13.2. The van der Waals surface area contributed by atoms with Gasteiger partial charge in [-0.05, 0) is 81.5 Å². The first kappa shape index (κ1) is 23.9. The maximum absolute atomic E-state index is 13.2. The van der Waals surface area contributed by atoms with Gasteiger partial charge in [-0.1, -0.05) is 12.1 Å². The quantitative estimate of drug-likeness (QED) is 0.474. The summed E-state index contributed by atoms with van der Waals surface area (Å²) in [5, 5.41) is 0. The molecule has 2 aromatic rings. The summed E-state index contributed by atoms with van der Waals surface area (Å²) in [6.45, 7) is 7.39. The summed E-state index contributed by atoms with van der Waals surface area (Å²) in [6.07, 6.45) is 7.38. The minimum atomic E-state index is -0.278. The van der Waals surface area contributed by atoms with Crippen molar-refractivity contribution in [2.75, 3.05) is 62.2 Å². The van der Waals surface area contributed by atoms with Gasteiger partial charge in [0, 0.05) is 51.5 Å². The molecule has 0 atom stereocenters. The van der Waals surface area contributed by atoms with Gasteiger partial charge in [-0.3, -0.25) is 9.80 Å². The number of nitrogens with zero attached hydrogens (tertiary/aromatic N) is 4. The molecule has 3 fully saturated rings. The minimum Gasteiger partial charge on any atom is -0.488 e. The van der Waals surface area contributed by atoms with Crippen LogP contribution in [0.2, 0.25) is 0 Å². The Morgan fingerprint density at radius 1 is 0.829 bits per heavy atom. The fraction of sp³-hybridized carbons (Fsp3) is 0.536. The molecule has 3 aliphatic rings. The molecule has 0 unspecified atom stereocenters. The van der Waals surface area contributed by atoms with Crippen molar-refractivity contribution in [2.24, 2.45) is 0 Å². The highest BCUT2D eigenvalue weighted by molar-refractivity contribution is 5.94. The molecule has 2 heterocycles. The third-order valence-corrected chi connectivity index (χ3v) is 7.56. The average Bonchev–Trinajstić information content (AvgIpc) is 3.53. The molecule has 7 heteroatoms. The second kappa shape index (κ2) is 11.3. The van der Waals surface area contributed by atoms with Crippen LogP contribution >= 0.6 is 0 Å². The van der Waals surface area contributed by atoms with E-state index in [4.69, 9.17) is 4.74 Å². The summed E-state index contributed by atoms with van der Waals surface area (Å²) in [4.78, 5) is 21.4. The van der Waals surface area contributed by atoms with Crippen molar-refractivity contribution < 1.29 is 13.9 Å². The van der Waals surface area contributed by atoms with Gasteiger partial charge >= 0.3 is 6.03 Å².